The van der Waals surface area contributed by atoms with E-state index in [-0.39, 0.29) is 0 Å². The molecule has 0 spiro atoms. The van der Waals surface area contributed by atoms with E-state index in [1.165, 1.54) is 11.1 Å². The zero-order valence-corrected chi connectivity index (χ0v) is 18.2. The molecule has 0 bridgehead atoms. The summed E-state index contributed by atoms with van der Waals surface area (Å²) in [4.78, 5) is 20.5. The van der Waals surface area contributed by atoms with Crippen LogP contribution in [0.4, 0.5) is 0 Å². The minimum Gasteiger partial charge on any atom is -0.294 e. The van der Waals surface area contributed by atoms with Crippen LogP contribution >= 0.6 is 23.2 Å². The molecule has 0 aliphatic carbocycles. The first-order chi connectivity index (χ1) is 15.2. The van der Waals surface area contributed by atoms with Crippen LogP contribution in [-0.2, 0) is 19.5 Å². The molecule has 1 aliphatic rings. The van der Waals surface area contributed by atoms with Gasteiger partial charge >= 0.3 is 0 Å². The highest BCUT2D eigenvalue weighted by Crippen LogP contribution is 2.28. The minimum atomic E-state index is 0.533. The molecule has 0 atom stereocenters. The van der Waals surface area contributed by atoms with Crippen LogP contribution in [0.2, 0.25) is 10.0 Å². The SMILES string of the molecule is Clc1ccc(-c2ccc(CN3CCc4nc(-c5cccnc5)ncc4C3)cn2)cc1Cl. The maximum atomic E-state index is 6.13. The lowest BCUT2D eigenvalue weighted by Crippen LogP contribution is -2.31. The summed E-state index contributed by atoms with van der Waals surface area (Å²) in [5.74, 6) is 0.738. The predicted molar refractivity (Wildman–Crippen MR) is 123 cm³/mol. The molecule has 0 unspecified atom stereocenters. The molecule has 0 saturated heterocycles. The number of halogens is 2. The molecular formula is C24H19Cl2N5. The third kappa shape index (κ3) is 4.44. The largest absolute Gasteiger partial charge is 0.294 e. The maximum Gasteiger partial charge on any atom is 0.160 e. The molecular weight excluding hydrogens is 429 g/mol. The Morgan fingerprint density at radius 1 is 0.903 bits per heavy atom. The number of rotatable bonds is 4. The van der Waals surface area contributed by atoms with E-state index in [1.54, 1.807) is 18.5 Å². The van der Waals surface area contributed by atoms with Crippen molar-refractivity contribution in [1.29, 1.82) is 0 Å². The van der Waals surface area contributed by atoms with E-state index in [9.17, 15) is 0 Å². The summed E-state index contributed by atoms with van der Waals surface area (Å²) in [5, 5.41) is 1.08. The molecule has 3 aromatic heterocycles. The van der Waals surface area contributed by atoms with Crippen LogP contribution in [0.15, 0.2) is 67.3 Å². The van der Waals surface area contributed by atoms with Crippen molar-refractivity contribution in [2.24, 2.45) is 0 Å². The van der Waals surface area contributed by atoms with Crippen LogP contribution in [0.3, 0.4) is 0 Å². The van der Waals surface area contributed by atoms with Crippen molar-refractivity contribution in [3.63, 3.8) is 0 Å². The van der Waals surface area contributed by atoms with E-state index in [0.29, 0.717) is 10.0 Å². The Labute approximate surface area is 190 Å². The van der Waals surface area contributed by atoms with Crippen LogP contribution in [0.1, 0.15) is 16.8 Å². The Morgan fingerprint density at radius 3 is 2.61 bits per heavy atom. The molecule has 0 saturated carbocycles. The second-order valence-electron chi connectivity index (χ2n) is 7.55. The third-order valence-electron chi connectivity index (χ3n) is 5.38. The van der Waals surface area contributed by atoms with Crippen molar-refractivity contribution in [3.05, 3.63) is 94.1 Å². The lowest BCUT2D eigenvalue weighted by molar-refractivity contribution is 0.242. The number of fused-ring (bicyclic) bond motifs is 1. The van der Waals surface area contributed by atoms with Crippen molar-refractivity contribution in [2.75, 3.05) is 6.54 Å². The number of benzene rings is 1. The van der Waals surface area contributed by atoms with Crippen molar-refractivity contribution in [2.45, 2.75) is 19.5 Å². The fourth-order valence-electron chi connectivity index (χ4n) is 3.75. The van der Waals surface area contributed by atoms with Crippen molar-refractivity contribution in [3.8, 4) is 22.6 Å². The highest BCUT2D eigenvalue weighted by molar-refractivity contribution is 6.42. The number of aromatic nitrogens is 4. The van der Waals surface area contributed by atoms with E-state index in [4.69, 9.17) is 28.2 Å². The average Bonchev–Trinajstić information content (AvgIpc) is 2.82. The van der Waals surface area contributed by atoms with Gasteiger partial charge in [0.05, 0.1) is 21.4 Å². The van der Waals surface area contributed by atoms with Crippen molar-refractivity contribution >= 4 is 23.2 Å². The summed E-state index contributed by atoms with van der Waals surface area (Å²) >= 11 is 12.1. The first kappa shape index (κ1) is 20.1. The van der Waals surface area contributed by atoms with Gasteiger partial charge < -0.3 is 0 Å². The summed E-state index contributed by atoms with van der Waals surface area (Å²) in [6.07, 6.45) is 8.33. The molecule has 4 heterocycles. The topological polar surface area (TPSA) is 54.8 Å². The predicted octanol–water partition coefficient (Wildman–Crippen LogP) is 5.47. The molecule has 0 fully saturated rings. The van der Waals surface area contributed by atoms with Gasteiger partial charge in [0.15, 0.2) is 5.82 Å². The lowest BCUT2D eigenvalue weighted by atomic mass is 10.1. The molecule has 154 valence electrons. The van der Waals surface area contributed by atoms with Crippen LogP contribution in [0, 0.1) is 0 Å². The Balaban J connectivity index is 1.27. The fraction of sp³-hybridized carbons (Fsp3) is 0.167. The van der Waals surface area contributed by atoms with Crippen molar-refractivity contribution in [1.82, 2.24) is 24.8 Å². The van der Waals surface area contributed by atoms with E-state index < -0.39 is 0 Å². The van der Waals surface area contributed by atoms with Gasteiger partial charge in [-0.05, 0) is 35.9 Å². The van der Waals surface area contributed by atoms with Crippen LogP contribution in [-0.4, -0.2) is 31.4 Å². The zero-order valence-electron chi connectivity index (χ0n) is 16.7. The molecule has 0 amide bonds. The van der Waals surface area contributed by atoms with Gasteiger partial charge in [-0.25, -0.2) is 9.97 Å². The molecule has 31 heavy (non-hydrogen) atoms. The van der Waals surface area contributed by atoms with Crippen LogP contribution < -0.4 is 0 Å². The lowest BCUT2D eigenvalue weighted by Gasteiger charge is -2.28. The summed E-state index contributed by atoms with van der Waals surface area (Å²) < 4.78 is 0. The molecule has 0 radical (unpaired) electrons. The maximum absolute atomic E-state index is 6.13. The third-order valence-corrected chi connectivity index (χ3v) is 6.12. The van der Waals surface area contributed by atoms with Gasteiger partial charge in [-0.3, -0.25) is 14.9 Å². The van der Waals surface area contributed by atoms with E-state index in [0.717, 1.165) is 54.4 Å². The second kappa shape index (κ2) is 8.71. The van der Waals surface area contributed by atoms with E-state index >= 15 is 0 Å². The summed E-state index contributed by atoms with van der Waals surface area (Å²) in [5.41, 5.74) is 6.25. The highest BCUT2D eigenvalue weighted by atomic mass is 35.5. The Bertz CT molecular complexity index is 1210. The Morgan fingerprint density at radius 2 is 1.84 bits per heavy atom. The van der Waals surface area contributed by atoms with Gasteiger partial charge in [0.25, 0.3) is 0 Å². The van der Waals surface area contributed by atoms with Gasteiger partial charge in [-0.15, -0.1) is 0 Å². The smallest absolute Gasteiger partial charge is 0.160 e. The monoisotopic (exact) mass is 447 g/mol. The summed E-state index contributed by atoms with van der Waals surface area (Å²) in [6, 6.07) is 13.6. The summed E-state index contributed by atoms with van der Waals surface area (Å²) in [7, 11) is 0. The Kier molecular flexibility index (Phi) is 5.64. The van der Waals surface area contributed by atoms with Crippen LogP contribution in [0.5, 0.6) is 0 Å². The van der Waals surface area contributed by atoms with E-state index in [1.807, 2.05) is 42.7 Å². The fourth-order valence-corrected chi connectivity index (χ4v) is 4.04. The standard InChI is InChI=1S/C24H19Cl2N5/c25-20-5-4-17(10-21(20)26)22-6-3-16(11-28-22)14-31-9-7-23-19(15-31)13-29-24(30-23)18-2-1-8-27-12-18/h1-6,8,10-13H,7,9,14-15H2. The van der Waals surface area contributed by atoms with Crippen molar-refractivity contribution < 1.29 is 0 Å². The molecule has 7 heteroatoms. The Hall–Kier alpha value is -2.86. The zero-order chi connectivity index (χ0) is 21.2. The molecule has 5 nitrogen and oxygen atoms in total. The molecule has 1 aliphatic heterocycles. The molecule has 4 aromatic rings. The van der Waals surface area contributed by atoms with Gasteiger partial charge in [-0.2, -0.15) is 0 Å². The highest BCUT2D eigenvalue weighted by Gasteiger charge is 2.19. The first-order valence-electron chi connectivity index (χ1n) is 10.0. The summed E-state index contributed by atoms with van der Waals surface area (Å²) in [6.45, 7) is 2.61. The van der Waals surface area contributed by atoms with Gasteiger partial charge in [-0.1, -0.05) is 35.3 Å². The van der Waals surface area contributed by atoms with Crippen LogP contribution in [0.25, 0.3) is 22.6 Å². The van der Waals surface area contributed by atoms with Gasteiger partial charge in [0.2, 0.25) is 0 Å². The first-order valence-corrected chi connectivity index (χ1v) is 10.8. The number of hydrogen-bond donors (Lipinski definition) is 0. The second-order valence-corrected chi connectivity index (χ2v) is 8.36. The van der Waals surface area contributed by atoms with Gasteiger partial charge in [0, 0.05) is 67.5 Å². The van der Waals surface area contributed by atoms with E-state index in [2.05, 4.69) is 25.9 Å². The molecule has 0 N–H and O–H groups in total. The number of nitrogens with zero attached hydrogens (tertiary/aromatic N) is 5. The molecule has 1 aromatic carbocycles. The minimum absolute atomic E-state index is 0.533. The average molecular weight is 448 g/mol. The number of hydrogen-bond acceptors (Lipinski definition) is 5. The quantitative estimate of drug-likeness (QED) is 0.415. The number of pyridine rings is 2. The van der Waals surface area contributed by atoms with Gasteiger partial charge in [0.1, 0.15) is 0 Å². The normalized spacial score (nSPS) is 13.7. The molecule has 5 rings (SSSR count).